The van der Waals surface area contributed by atoms with E-state index in [-0.39, 0.29) is 23.9 Å². The molecule has 28 heavy (non-hydrogen) atoms. The lowest BCUT2D eigenvalue weighted by molar-refractivity contribution is 0.0365. The molecular formula is C20H20N4O3S. The smallest absolute Gasteiger partial charge is 0.256 e. The number of rotatable bonds is 2. The molecule has 0 radical (unpaired) electrons. The fourth-order valence-corrected chi connectivity index (χ4v) is 6.34. The van der Waals surface area contributed by atoms with Crippen LogP contribution in [-0.4, -0.2) is 48.1 Å². The first-order valence-electron chi connectivity index (χ1n) is 8.99. The summed E-state index contributed by atoms with van der Waals surface area (Å²) < 4.78 is 28.4. The van der Waals surface area contributed by atoms with Crippen LogP contribution >= 0.6 is 0 Å². The molecule has 0 spiro atoms. The van der Waals surface area contributed by atoms with Crippen molar-refractivity contribution >= 4 is 15.9 Å². The average molecular weight is 396 g/mol. The Morgan fingerprint density at radius 3 is 2.54 bits per heavy atom. The Hall–Kier alpha value is -2.76. The lowest BCUT2D eigenvalue weighted by Gasteiger charge is -2.44. The van der Waals surface area contributed by atoms with Crippen LogP contribution in [0.2, 0.25) is 0 Å². The zero-order valence-corrected chi connectivity index (χ0v) is 16.7. The molecule has 0 aliphatic carbocycles. The van der Waals surface area contributed by atoms with Crippen LogP contribution in [-0.2, 0) is 15.6 Å². The minimum absolute atomic E-state index is 0.103. The molecule has 1 aromatic heterocycles. The Balaban J connectivity index is 1.77. The van der Waals surface area contributed by atoms with E-state index in [2.05, 4.69) is 11.1 Å². The highest BCUT2D eigenvalue weighted by atomic mass is 32.2. The van der Waals surface area contributed by atoms with Crippen molar-refractivity contribution in [2.45, 2.75) is 31.2 Å². The molecule has 2 aliphatic heterocycles. The number of piperazine rings is 1. The van der Waals surface area contributed by atoms with E-state index < -0.39 is 15.6 Å². The van der Waals surface area contributed by atoms with Gasteiger partial charge in [-0.25, -0.2) is 8.42 Å². The van der Waals surface area contributed by atoms with Crippen molar-refractivity contribution in [1.29, 1.82) is 5.26 Å². The number of nitrogens with zero attached hydrogens (tertiary/aromatic N) is 4. The van der Waals surface area contributed by atoms with E-state index in [0.717, 1.165) is 0 Å². The van der Waals surface area contributed by atoms with Crippen molar-refractivity contribution in [1.82, 2.24) is 14.2 Å². The van der Waals surface area contributed by atoms with Crippen molar-refractivity contribution in [3.63, 3.8) is 0 Å². The summed E-state index contributed by atoms with van der Waals surface area (Å²) in [6.45, 7) is 5.94. The van der Waals surface area contributed by atoms with E-state index in [0.29, 0.717) is 34.5 Å². The first kappa shape index (κ1) is 18.6. The topological polar surface area (TPSA) is 94.4 Å². The monoisotopic (exact) mass is 396 g/mol. The summed E-state index contributed by atoms with van der Waals surface area (Å²) in [6, 6.07) is 8.70. The van der Waals surface area contributed by atoms with Crippen molar-refractivity contribution in [2.24, 2.45) is 0 Å². The third-order valence-corrected chi connectivity index (χ3v) is 7.79. The summed E-state index contributed by atoms with van der Waals surface area (Å²) in [5.74, 6) is -0.103. The third-order valence-electron chi connectivity index (χ3n) is 5.63. The summed E-state index contributed by atoms with van der Waals surface area (Å²) >= 11 is 0. The Morgan fingerprint density at radius 2 is 1.89 bits per heavy atom. The highest BCUT2D eigenvalue weighted by Gasteiger charge is 2.52. The second kappa shape index (κ2) is 6.12. The summed E-state index contributed by atoms with van der Waals surface area (Å²) in [7, 11) is -3.79. The third kappa shape index (κ3) is 2.47. The standard InChI is InChI=1S/C20H20N4O3S/c1-13-9-15(11-21)10-14(2)17(13)28(26,27)23-7-8-24-19(25)16-5-4-6-22-18(16)20(24,3)12-23/h4-6,9-10H,7-8,12H2,1-3H3. The van der Waals surface area contributed by atoms with Crippen LogP contribution in [0.15, 0.2) is 35.4 Å². The predicted molar refractivity (Wildman–Crippen MR) is 102 cm³/mol. The summed E-state index contributed by atoms with van der Waals surface area (Å²) in [4.78, 5) is 19.1. The number of hydrogen-bond donors (Lipinski definition) is 0. The summed E-state index contributed by atoms with van der Waals surface area (Å²) in [5.41, 5.74) is 1.89. The number of hydrogen-bond acceptors (Lipinski definition) is 5. The van der Waals surface area contributed by atoms with Crippen molar-refractivity contribution in [2.75, 3.05) is 19.6 Å². The van der Waals surface area contributed by atoms with Gasteiger partial charge in [0.15, 0.2) is 0 Å². The molecule has 3 heterocycles. The van der Waals surface area contributed by atoms with Crippen molar-refractivity contribution in [3.05, 3.63) is 58.4 Å². The van der Waals surface area contributed by atoms with Crippen LogP contribution in [0.1, 0.15) is 39.7 Å². The number of pyridine rings is 1. The van der Waals surface area contributed by atoms with Crippen LogP contribution in [0, 0.1) is 25.2 Å². The average Bonchev–Trinajstić information content (AvgIpc) is 2.88. The quantitative estimate of drug-likeness (QED) is 0.773. The molecule has 1 unspecified atom stereocenters. The normalized spacial score (nSPS) is 21.9. The number of fused-ring (bicyclic) bond motifs is 3. The van der Waals surface area contributed by atoms with Gasteiger partial charge in [-0.3, -0.25) is 9.78 Å². The number of carbonyl (C=O) groups excluding carboxylic acids is 1. The molecule has 7 nitrogen and oxygen atoms in total. The molecule has 1 amide bonds. The van der Waals surface area contributed by atoms with Gasteiger partial charge in [0.25, 0.3) is 5.91 Å². The largest absolute Gasteiger partial charge is 0.325 e. The number of aryl methyl sites for hydroxylation is 2. The van der Waals surface area contributed by atoms with Gasteiger partial charge in [0, 0.05) is 25.8 Å². The number of benzene rings is 1. The zero-order chi connectivity index (χ0) is 20.3. The maximum Gasteiger partial charge on any atom is 0.256 e. The van der Waals surface area contributed by atoms with Gasteiger partial charge in [0.2, 0.25) is 10.0 Å². The maximum atomic E-state index is 13.5. The molecule has 1 atom stereocenters. The fraction of sp³-hybridized carbons (Fsp3) is 0.350. The molecular weight excluding hydrogens is 376 g/mol. The van der Waals surface area contributed by atoms with Crippen LogP contribution < -0.4 is 0 Å². The van der Waals surface area contributed by atoms with Crippen LogP contribution in [0.3, 0.4) is 0 Å². The van der Waals surface area contributed by atoms with E-state index in [4.69, 9.17) is 5.26 Å². The molecule has 4 rings (SSSR count). The number of sulfonamides is 1. The number of carbonyl (C=O) groups is 1. The minimum Gasteiger partial charge on any atom is -0.325 e. The number of aromatic nitrogens is 1. The van der Waals surface area contributed by atoms with Gasteiger partial charge in [0.05, 0.1) is 33.3 Å². The lowest BCUT2D eigenvalue weighted by atomic mass is 9.95. The van der Waals surface area contributed by atoms with E-state index >= 15 is 0 Å². The van der Waals surface area contributed by atoms with E-state index in [1.807, 2.05) is 6.92 Å². The van der Waals surface area contributed by atoms with Gasteiger partial charge in [0.1, 0.15) is 0 Å². The SMILES string of the molecule is Cc1cc(C#N)cc(C)c1S(=O)(=O)N1CCN2C(=O)c3cccnc3C2(C)C1. The Morgan fingerprint density at radius 1 is 1.21 bits per heavy atom. The van der Waals surface area contributed by atoms with E-state index in [9.17, 15) is 13.2 Å². The lowest BCUT2D eigenvalue weighted by Crippen LogP contribution is -2.58. The van der Waals surface area contributed by atoms with Gasteiger partial charge in [-0.15, -0.1) is 0 Å². The van der Waals surface area contributed by atoms with Gasteiger partial charge in [-0.1, -0.05) is 0 Å². The summed E-state index contributed by atoms with van der Waals surface area (Å²) in [6.07, 6.45) is 1.63. The predicted octanol–water partition coefficient (Wildman–Crippen LogP) is 1.95. The Labute approximate surface area is 164 Å². The number of amides is 1. The molecule has 0 bridgehead atoms. The van der Waals surface area contributed by atoms with Crippen LogP contribution in [0.5, 0.6) is 0 Å². The van der Waals surface area contributed by atoms with Gasteiger partial charge in [-0.2, -0.15) is 9.57 Å². The molecule has 144 valence electrons. The van der Waals surface area contributed by atoms with Crippen LogP contribution in [0.4, 0.5) is 0 Å². The summed E-state index contributed by atoms with van der Waals surface area (Å²) in [5, 5.41) is 9.13. The van der Waals surface area contributed by atoms with E-state index in [1.54, 1.807) is 49.2 Å². The minimum atomic E-state index is -3.79. The molecule has 8 heteroatoms. The maximum absolute atomic E-state index is 13.5. The van der Waals surface area contributed by atoms with Gasteiger partial charge >= 0.3 is 0 Å². The molecule has 2 aromatic rings. The van der Waals surface area contributed by atoms with Crippen LogP contribution in [0.25, 0.3) is 0 Å². The Kier molecular flexibility index (Phi) is 4.07. The van der Waals surface area contributed by atoms with E-state index in [1.165, 1.54) is 4.31 Å². The second-order valence-electron chi connectivity index (χ2n) is 7.52. The number of nitriles is 1. The molecule has 1 fully saturated rings. The molecule has 2 aliphatic rings. The molecule has 1 saturated heterocycles. The molecule has 0 N–H and O–H groups in total. The van der Waals surface area contributed by atoms with Gasteiger partial charge < -0.3 is 4.90 Å². The fourth-order valence-electron chi connectivity index (χ4n) is 4.40. The highest BCUT2D eigenvalue weighted by molar-refractivity contribution is 7.89. The second-order valence-corrected chi connectivity index (χ2v) is 9.39. The van der Waals surface area contributed by atoms with Crippen molar-refractivity contribution in [3.8, 4) is 6.07 Å². The molecule has 0 saturated carbocycles. The molecule has 1 aromatic carbocycles. The first-order valence-corrected chi connectivity index (χ1v) is 10.4. The van der Waals surface area contributed by atoms with Crippen molar-refractivity contribution < 1.29 is 13.2 Å². The Bertz CT molecular complexity index is 1130. The highest BCUT2D eigenvalue weighted by Crippen LogP contribution is 2.41. The van der Waals surface area contributed by atoms with Gasteiger partial charge in [-0.05, 0) is 56.2 Å². The first-order chi connectivity index (χ1) is 13.2. The zero-order valence-electron chi connectivity index (χ0n) is 15.9.